The Bertz CT molecular complexity index is 572. The zero-order valence-electron chi connectivity index (χ0n) is 9.68. The second kappa shape index (κ2) is 5.27. The molecule has 2 aromatic rings. The fraction of sp³-hybridized carbons (Fsp3) is 0.0769. The summed E-state index contributed by atoms with van der Waals surface area (Å²) in [6, 6.07) is 8.75. The number of carbonyl (C=O) groups is 1. The zero-order valence-corrected chi connectivity index (χ0v) is 9.68. The van der Waals surface area contributed by atoms with Crippen molar-refractivity contribution in [3.05, 3.63) is 54.0 Å². The van der Waals surface area contributed by atoms with E-state index in [-0.39, 0.29) is 5.91 Å². The SMILES string of the molecule is COc1cc(C(=O)Nc2cccc(F)c2)ccn1. The number of rotatable bonds is 3. The molecule has 0 fully saturated rings. The average molecular weight is 246 g/mol. The van der Waals surface area contributed by atoms with Crippen molar-refractivity contribution >= 4 is 11.6 Å². The molecule has 4 nitrogen and oxygen atoms in total. The predicted octanol–water partition coefficient (Wildman–Crippen LogP) is 2.48. The Balaban J connectivity index is 2.16. The summed E-state index contributed by atoms with van der Waals surface area (Å²) >= 11 is 0. The second-order valence-corrected chi connectivity index (χ2v) is 3.55. The van der Waals surface area contributed by atoms with Gasteiger partial charge < -0.3 is 10.1 Å². The Morgan fingerprint density at radius 3 is 2.89 bits per heavy atom. The minimum atomic E-state index is -0.403. The normalized spacial score (nSPS) is 9.89. The molecule has 1 heterocycles. The van der Waals surface area contributed by atoms with E-state index in [1.165, 1.54) is 37.6 Å². The van der Waals surface area contributed by atoms with Crippen molar-refractivity contribution in [3.63, 3.8) is 0 Å². The van der Waals surface area contributed by atoms with Gasteiger partial charge in [-0.15, -0.1) is 0 Å². The van der Waals surface area contributed by atoms with Crippen molar-refractivity contribution in [2.24, 2.45) is 0 Å². The van der Waals surface area contributed by atoms with Gasteiger partial charge in [-0.25, -0.2) is 9.37 Å². The molecule has 1 amide bonds. The first kappa shape index (κ1) is 12.0. The molecule has 0 saturated heterocycles. The van der Waals surface area contributed by atoms with Crippen LogP contribution in [0.5, 0.6) is 5.88 Å². The molecule has 2 rings (SSSR count). The van der Waals surface area contributed by atoms with E-state index in [1.54, 1.807) is 12.1 Å². The van der Waals surface area contributed by atoms with Crippen LogP contribution in [0.25, 0.3) is 0 Å². The summed E-state index contributed by atoms with van der Waals surface area (Å²) in [6.07, 6.45) is 1.47. The minimum Gasteiger partial charge on any atom is -0.481 e. The molecular formula is C13H11FN2O2. The number of amides is 1. The van der Waals surface area contributed by atoms with Gasteiger partial charge in [-0.1, -0.05) is 6.07 Å². The van der Waals surface area contributed by atoms with Crippen LogP contribution in [0.1, 0.15) is 10.4 Å². The lowest BCUT2D eigenvalue weighted by molar-refractivity contribution is 0.102. The molecule has 0 atom stereocenters. The van der Waals surface area contributed by atoms with Crippen LogP contribution in [0, 0.1) is 5.82 Å². The number of nitrogens with zero attached hydrogens (tertiary/aromatic N) is 1. The molecule has 0 aliphatic heterocycles. The maximum atomic E-state index is 13.0. The fourth-order valence-corrected chi connectivity index (χ4v) is 1.43. The van der Waals surface area contributed by atoms with Gasteiger partial charge in [0.1, 0.15) is 5.82 Å². The van der Waals surface area contributed by atoms with Crippen LogP contribution in [0.4, 0.5) is 10.1 Å². The van der Waals surface area contributed by atoms with Gasteiger partial charge in [0.15, 0.2) is 0 Å². The number of ether oxygens (including phenoxy) is 1. The highest BCUT2D eigenvalue weighted by atomic mass is 19.1. The van der Waals surface area contributed by atoms with Gasteiger partial charge in [-0.05, 0) is 24.3 Å². The van der Waals surface area contributed by atoms with Crippen molar-refractivity contribution in [2.75, 3.05) is 12.4 Å². The van der Waals surface area contributed by atoms with Crippen molar-refractivity contribution in [1.29, 1.82) is 0 Å². The summed E-state index contributed by atoms with van der Waals surface area (Å²) in [5, 5.41) is 2.59. The number of nitrogens with one attached hydrogen (secondary N) is 1. The number of pyridine rings is 1. The monoisotopic (exact) mass is 246 g/mol. The number of hydrogen-bond donors (Lipinski definition) is 1. The van der Waals surface area contributed by atoms with Gasteiger partial charge in [0, 0.05) is 23.5 Å². The molecule has 0 unspecified atom stereocenters. The van der Waals surface area contributed by atoms with Crippen molar-refractivity contribution in [2.45, 2.75) is 0 Å². The van der Waals surface area contributed by atoms with E-state index < -0.39 is 5.82 Å². The molecule has 18 heavy (non-hydrogen) atoms. The van der Waals surface area contributed by atoms with Crippen molar-refractivity contribution in [1.82, 2.24) is 4.98 Å². The molecule has 1 aromatic carbocycles. The number of hydrogen-bond acceptors (Lipinski definition) is 3. The Morgan fingerprint density at radius 1 is 1.33 bits per heavy atom. The highest BCUT2D eigenvalue weighted by molar-refractivity contribution is 6.04. The third-order valence-electron chi connectivity index (χ3n) is 2.29. The van der Waals surface area contributed by atoms with Crippen LogP contribution in [0.15, 0.2) is 42.6 Å². The maximum absolute atomic E-state index is 13.0. The highest BCUT2D eigenvalue weighted by Gasteiger charge is 2.07. The molecule has 0 bridgehead atoms. The first-order chi connectivity index (χ1) is 8.69. The topological polar surface area (TPSA) is 51.2 Å². The Kier molecular flexibility index (Phi) is 3.52. The van der Waals surface area contributed by atoms with Gasteiger partial charge >= 0.3 is 0 Å². The maximum Gasteiger partial charge on any atom is 0.255 e. The first-order valence-corrected chi connectivity index (χ1v) is 5.26. The summed E-state index contributed by atoms with van der Waals surface area (Å²) in [7, 11) is 1.47. The summed E-state index contributed by atoms with van der Waals surface area (Å²) in [5.74, 6) is -0.400. The Labute approximate surface area is 103 Å². The van der Waals surface area contributed by atoms with Gasteiger partial charge in [-0.3, -0.25) is 4.79 Å². The molecule has 0 aliphatic rings. The smallest absolute Gasteiger partial charge is 0.255 e. The van der Waals surface area contributed by atoms with Gasteiger partial charge in [0.25, 0.3) is 5.91 Å². The lowest BCUT2D eigenvalue weighted by Gasteiger charge is -2.06. The summed E-state index contributed by atoms with van der Waals surface area (Å²) in [5.41, 5.74) is 0.793. The van der Waals surface area contributed by atoms with E-state index in [0.717, 1.165) is 0 Å². The van der Waals surface area contributed by atoms with E-state index in [1.807, 2.05) is 0 Å². The Hall–Kier alpha value is -2.43. The van der Waals surface area contributed by atoms with Crippen LogP contribution in [-0.2, 0) is 0 Å². The number of halogens is 1. The summed E-state index contributed by atoms with van der Waals surface area (Å²) < 4.78 is 17.9. The fourth-order valence-electron chi connectivity index (χ4n) is 1.43. The second-order valence-electron chi connectivity index (χ2n) is 3.55. The van der Waals surface area contributed by atoms with E-state index in [4.69, 9.17) is 4.74 Å². The van der Waals surface area contributed by atoms with Gasteiger partial charge in [-0.2, -0.15) is 0 Å². The standard InChI is InChI=1S/C13H11FN2O2/c1-18-12-7-9(5-6-15-12)13(17)16-11-4-2-3-10(14)8-11/h2-8H,1H3,(H,16,17). The number of anilines is 1. The lowest BCUT2D eigenvalue weighted by atomic mass is 10.2. The van der Waals surface area contributed by atoms with Crippen LogP contribution >= 0.6 is 0 Å². The van der Waals surface area contributed by atoms with E-state index in [2.05, 4.69) is 10.3 Å². The minimum absolute atomic E-state index is 0.346. The number of aromatic nitrogens is 1. The molecular weight excluding hydrogens is 235 g/mol. The average Bonchev–Trinajstić information content (AvgIpc) is 2.39. The van der Waals surface area contributed by atoms with Crippen LogP contribution < -0.4 is 10.1 Å². The predicted molar refractivity (Wildman–Crippen MR) is 65.1 cm³/mol. The molecule has 1 N–H and O–H groups in total. The van der Waals surface area contributed by atoms with Gasteiger partial charge in [0.2, 0.25) is 5.88 Å². The van der Waals surface area contributed by atoms with E-state index in [0.29, 0.717) is 17.1 Å². The van der Waals surface area contributed by atoms with E-state index in [9.17, 15) is 9.18 Å². The van der Waals surface area contributed by atoms with Crippen LogP contribution in [0.2, 0.25) is 0 Å². The number of methoxy groups -OCH3 is 1. The molecule has 0 radical (unpaired) electrons. The molecule has 5 heteroatoms. The third-order valence-corrected chi connectivity index (χ3v) is 2.29. The van der Waals surface area contributed by atoms with Crippen LogP contribution in [-0.4, -0.2) is 18.0 Å². The molecule has 0 saturated carbocycles. The quantitative estimate of drug-likeness (QED) is 0.905. The number of carbonyl (C=O) groups excluding carboxylic acids is 1. The lowest BCUT2D eigenvalue weighted by Crippen LogP contribution is -2.12. The molecule has 0 spiro atoms. The first-order valence-electron chi connectivity index (χ1n) is 5.26. The Morgan fingerprint density at radius 2 is 2.17 bits per heavy atom. The van der Waals surface area contributed by atoms with Crippen molar-refractivity contribution < 1.29 is 13.9 Å². The molecule has 1 aromatic heterocycles. The molecule has 92 valence electrons. The zero-order chi connectivity index (χ0) is 13.0. The number of benzene rings is 1. The summed E-state index contributed by atoms with van der Waals surface area (Å²) in [6.45, 7) is 0. The van der Waals surface area contributed by atoms with Gasteiger partial charge in [0.05, 0.1) is 7.11 Å². The highest BCUT2D eigenvalue weighted by Crippen LogP contribution is 2.13. The third kappa shape index (κ3) is 2.82. The van der Waals surface area contributed by atoms with Crippen molar-refractivity contribution in [3.8, 4) is 5.88 Å². The summed E-state index contributed by atoms with van der Waals surface area (Å²) in [4.78, 5) is 15.8. The molecule has 0 aliphatic carbocycles. The largest absolute Gasteiger partial charge is 0.481 e. The van der Waals surface area contributed by atoms with Crippen LogP contribution in [0.3, 0.4) is 0 Å². The van der Waals surface area contributed by atoms with E-state index >= 15 is 0 Å².